The zero-order valence-electron chi connectivity index (χ0n) is 11.8. The van der Waals surface area contributed by atoms with Crippen LogP contribution in [0.1, 0.15) is 31.7 Å². The zero-order chi connectivity index (χ0) is 15.7. The normalized spacial score (nSPS) is 22.0. The van der Waals surface area contributed by atoms with E-state index in [4.69, 9.17) is 5.11 Å². The molecule has 1 fully saturated rings. The number of nitrogens with one attached hydrogen (secondary N) is 1. The van der Waals surface area contributed by atoms with Crippen molar-refractivity contribution in [1.29, 1.82) is 0 Å². The van der Waals surface area contributed by atoms with Gasteiger partial charge < -0.3 is 10.4 Å². The summed E-state index contributed by atoms with van der Waals surface area (Å²) in [5, 5.41) is 11.5. The third kappa shape index (κ3) is 3.37. The topological polar surface area (TPSA) is 66.4 Å². The summed E-state index contributed by atoms with van der Waals surface area (Å²) in [4.78, 5) is 23.1. The number of benzene rings is 1. The van der Waals surface area contributed by atoms with Crippen LogP contribution < -0.4 is 5.32 Å². The van der Waals surface area contributed by atoms with E-state index in [1.54, 1.807) is 13.8 Å². The van der Waals surface area contributed by atoms with Gasteiger partial charge in [-0.05, 0) is 29.9 Å². The van der Waals surface area contributed by atoms with Crippen LogP contribution in [-0.2, 0) is 9.59 Å². The number of carboxylic acid groups (broad SMARTS) is 1. The van der Waals surface area contributed by atoms with Gasteiger partial charge in [0.25, 0.3) is 0 Å². The highest BCUT2D eigenvalue weighted by Gasteiger charge is 2.46. The molecule has 1 amide bonds. The first-order chi connectivity index (χ1) is 9.81. The van der Waals surface area contributed by atoms with Gasteiger partial charge in [-0.1, -0.05) is 19.9 Å². The van der Waals surface area contributed by atoms with E-state index in [0.717, 1.165) is 12.1 Å². The predicted octanol–water partition coefficient (Wildman–Crippen LogP) is 2.29. The first kappa shape index (κ1) is 15.4. The Hall–Kier alpha value is -1.98. The van der Waals surface area contributed by atoms with Gasteiger partial charge in [0.2, 0.25) is 5.91 Å². The third-order valence-electron chi connectivity index (χ3n) is 3.72. The summed E-state index contributed by atoms with van der Waals surface area (Å²) in [6, 6.07) is 2.31. The second kappa shape index (κ2) is 5.79. The lowest BCUT2D eigenvalue weighted by molar-refractivity contribution is -0.143. The lowest BCUT2D eigenvalue weighted by Crippen LogP contribution is -2.45. The van der Waals surface area contributed by atoms with Gasteiger partial charge in [0, 0.05) is 12.0 Å². The molecule has 2 N–H and O–H groups in total. The van der Waals surface area contributed by atoms with Crippen LogP contribution in [0.2, 0.25) is 0 Å². The van der Waals surface area contributed by atoms with Crippen molar-refractivity contribution in [2.24, 2.45) is 11.8 Å². The van der Waals surface area contributed by atoms with Crippen LogP contribution >= 0.6 is 0 Å². The van der Waals surface area contributed by atoms with Gasteiger partial charge in [0.05, 0.1) is 0 Å². The number of halogens is 2. The second-order valence-electron chi connectivity index (χ2n) is 5.68. The Morgan fingerprint density at radius 3 is 2.52 bits per heavy atom. The number of hydrogen-bond donors (Lipinski definition) is 2. The molecule has 0 aliphatic heterocycles. The number of rotatable bonds is 5. The highest BCUT2D eigenvalue weighted by Crippen LogP contribution is 2.48. The molecule has 0 bridgehead atoms. The van der Waals surface area contributed by atoms with Crippen LogP contribution in [0.15, 0.2) is 18.2 Å². The minimum Gasteiger partial charge on any atom is -0.480 e. The lowest BCUT2D eigenvalue weighted by atomic mass is 10.0. The fourth-order valence-electron chi connectivity index (χ4n) is 2.40. The molecule has 1 aliphatic carbocycles. The molecule has 4 nitrogen and oxygen atoms in total. The number of carbonyl (C=O) groups excluding carboxylic acids is 1. The molecule has 3 unspecified atom stereocenters. The summed E-state index contributed by atoms with van der Waals surface area (Å²) in [5.74, 6) is -3.84. The number of aliphatic carboxylic acids is 1. The summed E-state index contributed by atoms with van der Waals surface area (Å²) < 4.78 is 26.5. The molecule has 0 radical (unpaired) electrons. The third-order valence-corrected chi connectivity index (χ3v) is 3.72. The smallest absolute Gasteiger partial charge is 0.326 e. The second-order valence-corrected chi connectivity index (χ2v) is 5.68. The number of carbonyl (C=O) groups is 2. The Morgan fingerprint density at radius 1 is 1.33 bits per heavy atom. The van der Waals surface area contributed by atoms with E-state index >= 15 is 0 Å². The Morgan fingerprint density at radius 2 is 2.00 bits per heavy atom. The molecule has 114 valence electrons. The van der Waals surface area contributed by atoms with E-state index in [0.29, 0.717) is 12.0 Å². The first-order valence-electron chi connectivity index (χ1n) is 6.79. The number of hydrogen-bond acceptors (Lipinski definition) is 2. The molecule has 1 aliphatic rings. The maximum absolute atomic E-state index is 13.6. The van der Waals surface area contributed by atoms with Gasteiger partial charge in [-0.25, -0.2) is 13.6 Å². The molecule has 3 atom stereocenters. The number of carboxylic acids is 1. The largest absolute Gasteiger partial charge is 0.480 e. The van der Waals surface area contributed by atoms with E-state index in [2.05, 4.69) is 5.32 Å². The van der Waals surface area contributed by atoms with E-state index in [1.165, 1.54) is 6.07 Å². The van der Waals surface area contributed by atoms with Crippen molar-refractivity contribution in [2.75, 3.05) is 0 Å². The van der Waals surface area contributed by atoms with Crippen molar-refractivity contribution in [3.8, 4) is 0 Å². The van der Waals surface area contributed by atoms with Gasteiger partial charge in [0.15, 0.2) is 0 Å². The molecule has 0 aromatic heterocycles. The van der Waals surface area contributed by atoms with Crippen LogP contribution in [0.4, 0.5) is 8.78 Å². The van der Waals surface area contributed by atoms with Crippen molar-refractivity contribution in [1.82, 2.24) is 5.32 Å². The number of amides is 1. The van der Waals surface area contributed by atoms with Crippen molar-refractivity contribution in [3.63, 3.8) is 0 Å². The molecule has 1 saturated carbocycles. The zero-order valence-corrected chi connectivity index (χ0v) is 11.8. The van der Waals surface area contributed by atoms with Crippen LogP contribution in [0.5, 0.6) is 0 Å². The molecular formula is C15H17F2NO3. The Bertz CT molecular complexity index is 574. The van der Waals surface area contributed by atoms with Gasteiger partial charge in [-0.3, -0.25) is 4.79 Å². The molecule has 6 heteroatoms. The van der Waals surface area contributed by atoms with Crippen molar-refractivity contribution >= 4 is 11.9 Å². The summed E-state index contributed by atoms with van der Waals surface area (Å²) in [6.45, 7) is 3.40. The monoisotopic (exact) mass is 297 g/mol. The minimum atomic E-state index is -1.09. The molecule has 2 rings (SSSR count). The first-order valence-corrected chi connectivity index (χ1v) is 6.79. The van der Waals surface area contributed by atoms with Crippen LogP contribution in [0, 0.1) is 23.5 Å². The highest BCUT2D eigenvalue weighted by atomic mass is 19.1. The van der Waals surface area contributed by atoms with Crippen LogP contribution in [0.3, 0.4) is 0 Å². The maximum atomic E-state index is 13.6. The van der Waals surface area contributed by atoms with Crippen molar-refractivity contribution in [2.45, 2.75) is 32.2 Å². The van der Waals surface area contributed by atoms with Gasteiger partial charge >= 0.3 is 5.97 Å². The van der Waals surface area contributed by atoms with Crippen molar-refractivity contribution < 1.29 is 23.5 Å². The molecular weight excluding hydrogens is 280 g/mol. The van der Waals surface area contributed by atoms with Crippen molar-refractivity contribution in [3.05, 3.63) is 35.4 Å². The molecule has 0 saturated heterocycles. The predicted molar refractivity (Wildman–Crippen MR) is 71.6 cm³/mol. The summed E-state index contributed by atoms with van der Waals surface area (Å²) in [7, 11) is 0. The standard InChI is InChI=1S/C15H17F2NO3/c1-7(2)13(15(20)21)18-14(19)11-6-10(11)9-4-3-8(16)5-12(9)17/h3-5,7,10-11,13H,6H2,1-2H3,(H,18,19)(H,20,21). The molecule has 21 heavy (non-hydrogen) atoms. The average molecular weight is 297 g/mol. The SMILES string of the molecule is CC(C)C(NC(=O)C1CC1c1ccc(F)cc1F)C(=O)O. The van der Waals surface area contributed by atoms with Gasteiger partial charge in [-0.15, -0.1) is 0 Å². The fourth-order valence-corrected chi connectivity index (χ4v) is 2.40. The highest BCUT2D eigenvalue weighted by molar-refractivity contribution is 5.87. The maximum Gasteiger partial charge on any atom is 0.326 e. The molecule has 1 aromatic carbocycles. The summed E-state index contributed by atoms with van der Waals surface area (Å²) >= 11 is 0. The molecule has 0 spiro atoms. The van der Waals surface area contributed by atoms with Gasteiger partial charge in [-0.2, -0.15) is 0 Å². The quantitative estimate of drug-likeness (QED) is 0.876. The van der Waals surface area contributed by atoms with E-state index < -0.39 is 35.5 Å². The van der Waals surface area contributed by atoms with Crippen LogP contribution in [-0.4, -0.2) is 23.0 Å². The molecule has 1 aromatic rings. The lowest BCUT2D eigenvalue weighted by Gasteiger charge is -2.17. The van der Waals surface area contributed by atoms with E-state index in [9.17, 15) is 18.4 Å². The summed E-state index contributed by atoms with van der Waals surface area (Å²) in [6.07, 6.45) is 0.443. The fraction of sp³-hybridized carbons (Fsp3) is 0.467. The molecule has 0 heterocycles. The van der Waals surface area contributed by atoms with E-state index in [-0.39, 0.29) is 11.8 Å². The summed E-state index contributed by atoms with van der Waals surface area (Å²) in [5.41, 5.74) is 0.299. The van der Waals surface area contributed by atoms with E-state index in [1.807, 2.05) is 0 Å². The Balaban J connectivity index is 2.02. The Kier molecular flexibility index (Phi) is 4.25. The minimum absolute atomic E-state index is 0.244. The van der Waals surface area contributed by atoms with Crippen LogP contribution in [0.25, 0.3) is 0 Å². The van der Waals surface area contributed by atoms with Gasteiger partial charge in [0.1, 0.15) is 17.7 Å². The Labute approximate surface area is 121 Å². The average Bonchev–Trinajstić information content (AvgIpc) is 3.15.